The largest absolute Gasteiger partial charge is 0.330 e. The topological polar surface area (TPSA) is 29.3 Å². The van der Waals surface area contributed by atoms with Gasteiger partial charge in [0.2, 0.25) is 0 Å². The summed E-state index contributed by atoms with van der Waals surface area (Å²) in [7, 11) is 0. The molecule has 0 aromatic rings. The summed E-state index contributed by atoms with van der Waals surface area (Å²) in [6, 6.07) is 0. The minimum absolute atomic E-state index is 0.804. The van der Waals surface area contributed by atoms with Crippen molar-refractivity contribution in [2.45, 2.75) is 32.1 Å². The SMILES string of the molecule is NCC(CN1CCCCC1)C1CC1. The summed E-state index contributed by atoms with van der Waals surface area (Å²) in [5, 5.41) is 0. The Hall–Kier alpha value is -0.0800. The highest BCUT2D eigenvalue weighted by atomic mass is 15.1. The van der Waals surface area contributed by atoms with Crippen molar-refractivity contribution in [3.05, 3.63) is 0 Å². The molecule has 1 aliphatic carbocycles. The lowest BCUT2D eigenvalue weighted by Gasteiger charge is -2.30. The van der Waals surface area contributed by atoms with Crippen LogP contribution in [0.25, 0.3) is 0 Å². The van der Waals surface area contributed by atoms with Crippen LogP contribution in [0.2, 0.25) is 0 Å². The van der Waals surface area contributed by atoms with Gasteiger partial charge in [-0.2, -0.15) is 0 Å². The zero-order chi connectivity index (χ0) is 9.10. The van der Waals surface area contributed by atoms with Crippen LogP contribution >= 0.6 is 0 Å². The van der Waals surface area contributed by atoms with Gasteiger partial charge in [-0.05, 0) is 57.2 Å². The van der Waals surface area contributed by atoms with Crippen LogP contribution in [0.15, 0.2) is 0 Å². The molecular formula is C11H22N2. The van der Waals surface area contributed by atoms with Crippen molar-refractivity contribution in [3.8, 4) is 0 Å². The minimum Gasteiger partial charge on any atom is -0.330 e. The molecule has 1 saturated heterocycles. The Kier molecular flexibility index (Phi) is 3.23. The number of rotatable bonds is 4. The van der Waals surface area contributed by atoms with E-state index in [0.717, 1.165) is 18.4 Å². The lowest BCUT2D eigenvalue weighted by atomic mass is 10.0. The molecule has 76 valence electrons. The Morgan fingerprint density at radius 3 is 2.38 bits per heavy atom. The van der Waals surface area contributed by atoms with Crippen molar-refractivity contribution in [1.82, 2.24) is 4.90 Å². The van der Waals surface area contributed by atoms with Crippen molar-refractivity contribution >= 4 is 0 Å². The maximum absolute atomic E-state index is 5.80. The van der Waals surface area contributed by atoms with Gasteiger partial charge in [0.05, 0.1) is 0 Å². The summed E-state index contributed by atoms with van der Waals surface area (Å²) < 4.78 is 0. The van der Waals surface area contributed by atoms with E-state index in [4.69, 9.17) is 5.73 Å². The Morgan fingerprint density at radius 1 is 1.15 bits per heavy atom. The molecule has 2 fully saturated rings. The van der Waals surface area contributed by atoms with Crippen LogP contribution in [0.1, 0.15) is 32.1 Å². The Bertz CT molecular complexity index is 148. The number of hydrogen-bond acceptors (Lipinski definition) is 2. The smallest absolute Gasteiger partial charge is 0.00244 e. The van der Waals surface area contributed by atoms with Gasteiger partial charge in [0.15, 0.2) is 0 Å². The number of piperidine rings is 1. The van der Waals surface area contributed by atoms with Gasteiger partial charge in [-0.3, -0.25) is 0 Å². The fraction of sp³-hybridized carbons (Fsp3) is 1.00. The van der Waals surface area contributed by atoms with Crippen LogP contribution in [0.3, 0.4) is 0 Å². The van der Waals surface area contributed by atoms with Gasteiger partial charge in [-0.1, -0.05) is 6.42 Å². The maximum atomic E-state index is 5.80. The first kappa shape index (κ1) is 9.47. The fourth-order valence-corrected chi connectivity index (χ4v) is 2.46. The summed E-state index contributed by atoms with van der Waals surface area (Å²) in [6.07, 6.45) is 7.13. The van der Waals surface area contributed by atoms with E-state index in [1.807, 2.05) is 0 Å². The fourth-order valence-electron chi connectivity index (χ4n) is 2.46. The Morgan fingerprint density at radius 2 is 1.85 bits per heavy atom. The van der Waals surface area contributed by atoms with E-state index >= 15 is 0 Å². The van der Waals surface area contributed by atoms with E-state index in [1.165, 1.54) is 51.7 Å². The summed E-state index contributed by atoms with van der Waals surface area (Å²) in [4.78, 5) is 2.62. The molecule has 1 aliphatic heterocycles. The van der Waals surface area contributed by atoms with Gasteiger partial charge in [0, 0.05) is 6.54 Å². The first-order valence-corrected chi connectivity index (χ1v) is 5.82. The molecule has 1 unspecified atom stereocenters. The molecule has 2 rings (SSSR count). The highest BCUT2D eigenvalue weighted by molar-refractivity contribution is 4.84. The van der Waals surface area contributed by atoms with E-state index in [0.29, 0.717) is 0 Å². The second-order valence-electron chi connectivity index (χ2n) is 4.69. The van der Waals surface area contributed by atoms with Gasteiger partial charge >= 0.3 is 0 Å². The summed E-state index contributed by atoms with van der Waals surface area (Å²) >= 11 is 0. The average molecular weight is 182 g/mol. The molecule has 0 amide bonds. The van der Waals surface area contributed by atoms with Gasteiger partial charge in [0.25, 0.3) is 0 Å². The standard InChI is InChI=1S/C11H22N2/c12-8-11(10-4-5-10)9-13-6-2-1-3-7-13/h10-11H,1-9,12H2. The predicted molar refractivity (Wildman–Crippen MR) is 55.6 cm³/mol. The zero-order valence-electron chi connectivity index (χ0n) is 8.54. The number of hydrogen-bond donors (Lipinski definition) is 1. The van der Waals surface area contributed by atoms with E-state index < -0.39 is 0 Å². The monoisotopic (exact) mass is 182 g/mol. The lowest BCUT2D eigenvalue weighted by molar-refractivity contribution is 0.188. The lowest BCUT2D eigenvalue weighted by Crippen LogP contribution is -2.37. The van der Waals surface area contributed by atoms with Gasteiger partial charge < -0.3 is 10.6 Å². The van der Waals surface area contributed by atoms with Gasteiger partial charge in [-0.25, -0.2) is 0 Å². The molecule has 2 N–H and O–H groups in total. The number of likely N-dealkylation sites (tertiary alicyclic amines) is 1. The normalized spacial score (nSPS) is 27.5. The summed E-state index contributed by atoms with van der Waals surface area (Å²) in [6.45, 7) is 4.83. The molecule has 13 heavy (non-hydrogen) atoms. The third-order valence-electron chi connectivity index (χ3n) is 3.53. The molecular weight excluding hydrogens is 160 g/mol. The first-order valence-electron chi connectivity index (χ1n) is 5.82. The van der Waals surface area contributed by atoms with Crippen molar-refractivity contribution in [1.29, 1.82) is 0 Å². The van der Waals surface area contributed by atoms with E-state index in [2.05, 4.69) is 4.90 Å². The van der Waals surface area contributed by atoms with Crippen molar-refractivity contribution in [2.24, 2.45) is 17.6 Å². The second-order valence-corrected chi connectivity index (χ2v) is 4.69. The van der Waals surface area contributed by atoms with Crippen LogP contribution in [0.4, 0.5) is 0 Å². The average Bonchev–Trinajstić information content (AvgIpc) is 2.99. The maximum Gasteiger partial charge on any atom is 0.00244 e. The van der Waals surface area contributed by atoms with E-state index in [-0.39, 0.29) is 0 Å². The molecule has 0 radical (unpaired) electrons. The molecule has 2 aliphatic rings. The van der Waals surface area contributed by atoms with Crippen molar-refractivity contribution < 1.29 is 0 Å². The van der Waals surface area contributed by atoms with Crippen LogP contribution in [-0.4, -0.2) is 31.1 Å². The summed E-state index contributed by atoms with van der Waals surface area (Å²) in [5.41, 5.74) is 5.80. The first-order chi connectivity index (χ1) is 6.40. The third-order valence-corrected chi connectivity index (χ3v) is 3.53. The molecule has 2 nitrogen and oxygen atoms in total. The molecule has 2 heteroatoms. The number of nitrogens with two attached hydrogens (primary N) is 1. The quantitative estimate of drug-likeness (QED) is 0.713. The Labute approximate surface area is 81.5 Å². The van der Waals surface area contributed by atoms with E-state index in [1.54, 1.807) is 0 Å². The van der Waals surface area contributed by atoms with Crippen LogP contribution in [-0.2, 0) is 0 Å². The molecule has 0 spiro atoms. The highest BCUT2D eigenvalue weighted by Gasteiger charge is 2.31. The molecule has 1 saturated carbocycles. The van der Waals surface area contributed by atoms with Crippen LogP contribution in [0.5, 0.6) is 0 Å². The highest BCUT2D eigenvalue weighted by Crippen LogP contribution is 2.36. The minimum atomic E-state index is 0.804. The molecule has 1 heterocycles. The van der Waals surface area contributed by atoms with Crippen molar-refractivity contribution in [3.63, 3.8) is 0 Å². The van der Waals surface area contributed by atoms with Crippen LogP contribution in [0, 0.1) is 11.8 Å². The third kappa shape index (κ3) is 2.68. The predicted octanol–water partition coefficient (Wildman–Crippen LogP) is 1.46. The number of nitrogens with zero attached hydrogens (tertiary/aromatic N) is 1. The molecule has 0 bridgehead atoms. The van der Waals surface area contributed by atoms with Crippen molar-refractivity contribution in [2.75, 3.05) is 26.2 Å². The zero-order valence-corrected chi connectivity index (χ0v) is 8.54. The Balaban J connectivity index is 1.73. The molecule has 0 aromatic carbocycles. The van der Waals surface area contributed by atoms with Gasteiger partial charge in [-0.15, -0.1) is 0 Å². The molecule has 0 aromatic heterocycles. The van der Waals surface area contributed by atoms with Gasteiger partial charge in [0.1, 0.15) is 0 Å². The molecule has 1 atom stereocenters. The van der Waals surface area contributed by atoms with Crippen LogP contribution < -0.4 is 5.73 Å². The van der Waals surface area contributed by atoms with E-state index in [9.17, 15) is 0 Å². The second kappa shape index (κ2) is 4.43. The summed E-state index contributed by atoms with van der Waals surface area (Å²) in [5.74, 6) is 1.78.